The molecular weight excluding hydrogens is 190 g/mol. The van der Waals surface area contributed by atoms with Gasteiger partial charge in [-0.2, -0.15) is 0 Å². The van der Waals surface area contributed by atoms with Gasteiger partial charge >= 0.3 is 0 Å². The summed E-state index contributed by atoms with van der Waals surface area (Å²) in [5.41, 5.74) is 0.947. The molecule has 0 spiro atoms. The molecule has 0 atom stereocenters. The van der Waals surface area contributed by atoms with Crippen LogP contribution in [0.5, 0.6) is 11.5 Å². The monoisotopic (exact) mass is 203 g/mol. The van der Waals surface area contributed by atoms with E-state index in [0.29, 0.717) is 0 Å². The van der Waals surface area contributed by atoms with Crippen molar-refractivity contribution in [3.8, 4) is 11.5 Å². The Morgan fingerprint density at radius 3 is 2.33 bits per heavy atom. The van der Waals surface area contributed by atoms with Gasteiger partial charge in [-0.3, -0.25) is 4.98 Å². The topological polar surface area (TPSA) is 31.4 Å². The Kier molecular flexibility index (Phi) is 2.46. The van der Waals surface area contributed by atoms with E-state index in [9.17, 15) is 0 Å². The zero-order chi connectivity index (χ0) is 10.8. The molecule has 1 aromatic carbocycles. The van der Waals surface area contributed by atoms with Crippen LogP contribution in [0, 0.1) is 6.92 Å². The fraction of sp³-hybridized carbons (Fsp3) is 0.250. The average molecular weight is 203 g/mol. The summed E-state index contributed by atoms with van der Waals surface area (Å²) in [5, 5.41) is 2.05. The molecule has 0 bridgehead atoms. The fourth-order valence-corrected chi connectivity index (χ4v) is 1.76. The number of pyridine rings is 1. The van der Waals surface area contributed by atoms with Gasteiger partial charge in [0.15, 0.2) is 0 Å². The lowest BCUT2D eigenvalue weighted by Gasteiger charge is -2.10. The number of aromatic nitrogens is 1. The molecule has 0 unspecified atom stereocenters. The normalized spacial score (nSPS) is 10.3. The Bertz CT molecular complexity index is 494. The fourth-order valence-electron chi connectivity index (χ4n) is 1.76. The number of benzene rings is 1. The van der Waals surface area contributed by atoms with Crippen molar-refractivity contribution >= 4 is 10.8 Å². The number of nitrogens with zero attached hydrogens (tertiary/aromatic N) is 1. The van der Waals surface area contributed by atoms with Crippen LogP contribution in [0.15, 0.2) is 24.4 Å². The Morgan fingerprint density at radius 1 is 1.00 bits per heavy atom. The summed E-state index contributed by atoms with van der Waals surface area (Å²) in [6.07, 6.45) is 1.78. The van der Waals surface area contributed by atoms with Crippen LogP contribution in [0.1, 0.15) is 5.69 Å². The second-order valence-corrected chi connectivity index (χ2v) is 3.29. The van der Waals surface area contributed by atoms with E-state index in [0.717, 1.165) is 28.0 Å². The first kappa shape index (κ1) is 9.77. The average Bonchev–Trinajstić information content (AvgIpc) is 2.28. The molecule has 15 heavy (non-hydrogen) atoms. The van der Waals surface area contributed by atoms with Crippen LogP contribution < -0.4 is 9.47 Å². The number of aryl methyl sites for hydroxylation is 1. The molecule has 0 N–H and O–H groups in total. The van der Waals surface area contributed by atoms with E-state index in [1.165, 1.54) is 0 Å². The third-order valence-corrected chi connectivity index (χ3v) is 2.48. The molecule has 0 fully saturated rings. The summed E-state index contributed by atoms with van der Waals surface area (Å²) in [4.78, 5) is 4.26. The highest BCUT2D eigenvalue weighted by molar-refractivity contribution is 5.94. The van der Waals surface area contributed by atoms with Crippen LogP contribution in [-0.4, -0.2) is 19.2 Å². The SMILES string of the molecule is COc1ccc(OC)c2c(C)nccc12. The van der Waals surface area contributed by atoms with Crippen LogP contribution in [0.25, 0.3) is 10.8 Å². The predicted octanol–water partition coefficient (Wildman–Crippen LogP) is 2.56. The smallest absolute Gasteiger partial charge is 0.128 e. The molecule has 3 heteroatoms. The molecule has 1 heterocycles. The van der Waals surface area contributed by atoms with Gasteiger partial charge in [0.05, 0.1) is 14.2 Å². The number of ether oxygens (including phenoxy) is 2. The Labute approximate surface area is 88.7 Å². The molecule has 0 saturated carbocycles. The third-order valence-electron chi connectivity index (χ3n) is 2.48. The van der Waals surface area contributed by atoms with Gasteiger partial charge in [-0.05, 0) is 25.1 Å². The van der Waals surface area contributed by atoms with Gasteiger partial charge < -0.3 is 9.47 Å². The number of rotatable bonds is 2. The zero-order valence-corrected chi connectivity index (χ0v) is 9.07. The lowest BCUT2D eigenvalue weighted by molar-refractivity contribution is 0.410. The van der Waals surface area contributed by atoms with Crippen molar-refractivity contribution < 1.29 is 9.47 Å². The second kappa shape index (κ2) is 3.77. The maximum atomic E-state index is 5.31. The Morgan fingerprint density at radius 2 is 1.67 bits per heavy atom. The molecule has 0 amide bonds. The maximum absolute atomic E-state index is 5.31. The van der Waals surface area contributed by atoms with Crippen molar-refractivity contribution in [3.63, 3.8) is 0 Å². The van der Waals surface area contributed by atoms with Crippen molar-refractivity contribution in [2.24, 2.45) is 0 Å². The molecule has 0 aliphatic rings. The summed E-state index contributed by atoms with van der Waals surface area (Å²) in [6, 6.07) is 5.74. The molecule has 0 saturated heterocycles. The van der Waals surface area contributed by atoms with Crippen LogP contribution in [0.4, 0.5) is 0 Å². The molecule has 2 aromatic rings. The Hall–Kier alpha value is -1.77. The van der Waals surface area contributed by atoms with E-state index in [1.807, 2.05) is 25.1 Å². The van der Waals surface area contributed by atoms with Gasteiger partial charge in [0, 0.05) is 22.7 Å². The minimum absolute atomic E-state index is 0.830. The number of fused-ring (bicyclic) bond motifs is 1. The van der Waals surface area contributed by atoms with Crippen LogP contribution in [-0.2, 0) is 0 Å². The van der Waals surface area contributed by atoms with Crippen molar-refractivity contribution in [2.45, 2.75) is 6.92 Å². The van der Waals surface area contributed by atoms with Gasteiger partial charge in [0.2, 0.25) is 0 Å². The van der Waals surface area contributed by atoms with Gasteiger partial charge in [-0.15, -0.1) is 0 Å². The third kappa shape index (κ3) is 1.50. The molecule has 78 valence electrons. The summed E-state index contributed by atoms with van der Waals surface area (Å²) < 4.78 is 10.6. The Balaban J connectivity index is 2.86. The first-order valence-corrected chi connectivity index (χ1v) is 4.74. The van der Waals surface area contributed by atoms with Crippen molar-refractivity contribution in [2.75, 3.05) is 14.2 Å². The van der Waals surface area contributed by atoms with Crippen LogP contribution in [0.3, 0.4) is 0 Å². The molecule has 0 radical (unpaired) electrons. The van der Waals surface area contributed by atoms with Crippen LogP contribution in [0.2, 0.25) is 0 Å². The van der Waals surface area contributed by atoms with E-state index in [2.05, 4.69) is 4.98 Å². The molecule has 0 aliphatic carbocycles. The molecule has 1 aromatic heterocycles. The van der Waals surface area contributed by atoms with Gasteiger partial charge in [-0.1, -0.05) is 0 Å². The quantitative estimate of drug-likeness (QED) is 0.751. The van der Waals surface area contributed by atoms with Crippen molar-refractivity contribution in [1.29, 1.82) is 0 Å². The summed E-state index contributed by atoms with van der Waals surface area (Å²) in [7, 11) is 3.32. The summed E-state index contributed by atoms with van der Waals surface area (Å²) in [6.45, 7) is 1.96. The maximum Gasteiger partial charge on any atom is 0.128 e. The number of hydrogen-bond donors (Lipinski definition) is 0. The first-order chi connectivity index (χ1) is 7.27. The van der Waals surface area contributed by atoms with Crippen molar-refractivity contribution in [1.82, 2.24) is 4.98 Å². The number of methoxy groups -OCH3 is 2. The lowest BCUT2D eigenvalue weighted by atomic mass is 10.1. The minimum atomic E-state index is 0.830. The van der Waals surface area contributed by atoms with E-state index in [1.54, 1.807) is 20.4 Å². The molecule has 3 nitrogen and oxygen atoms in total. The van der Waals surface area contributed by atoms with E-state index in [-0.39, 0.29) is 0 Å². The predicted molar refractivity (Wildman–Crippen MR) is 59.6 cm³/mol. The lowest BCUT2D eigenvalue weighted by Crippen LogP contribution is -1.92. The van der Waals surface area contributed by atoms with E-state index < -0.39 is 0 Å². The molecule has 2 rings (SSSR count). The molecule has 0 aliphatic heterocycles. The van der Waals surface area contributed by atoms with E-state index >= 15 is 0 Å². The van der Waals surface area contributed by atoms with Crippen molar-refractivity contribution in [3.05, 3.63) is 30.1 Å². The highest BCUT2D eigenvalue weighted by Crippen LogP contribution is 2.33. The number of hydrogen-bond acceptors (Lipinski definition) is 3. The first-order valence-electron chi connectivity index (χ1n) is 4.74. The van der Waals surface area contributed by atoms with Gasteiger partial charge in [0.1, 0.15) is 11.5 Å². The van der Waals surface area contributed by atoms with Gasteiger partial charge in [-0.25, -0.2) is 0 Å². The highest BCUT2D eigenvalue weighted by Gasteiger charge is 2.09. The standard InChI is InChI=1S/C12H13NO2/c1-8-12-9(6-7-13-8)10(14-2)4-5-11(12)15-3/h4-7H,1-3H3. The second-order valence-electron chi connectivity index (χ2n) is 3.29. The largest absolute Gasteiger partial charge is 0.496 e. The highest BCUT2D eigenvalue weighted by atomic mass is 16.5. The summed E-state index contributed by atoms with van der Waals surface area (Å²) >= 11 is 0. The van der Waals surface area contributed by atoms with Gasteiger partial charge in [0.25, 0.3) is 0 Å². The zero-order valence-electron chi connectivity index (χ0n) is 9.07. The summed E-state index contributed by atoms with van der Waals surface area (Å²) in [5.74, 6) is 1.67. The van der Waals surface area contributed by atoms with Crippen LogP contribution >= 0.6 is 0 Å². The minimum Gasteiger partial charge on any atom is -0.496 e. The van der Waals surface area contributed by atoms with E-state index in [4.69, 9.17) is 9.47 Å². The molecular formula is C12H13NO2.